The van der Waals surface area contributed by atoms with E-state index in [0.29, 0.717) is 11.1 Å². The van der Waals surface area contributed by atoms with E-state index in [-0.39, 0.29) is 0 Å². The van der Waals surface area contributed by atoms with Crippen molar-refractivity contribution in [1.29, 1.82) is 5.26 Å². The lowest BCUT2D eigenvalue weighted by Crippen LogP contribution is -2.10. The average Bonchev–Trinajstić information content (AvgIpc) is 3.24. The van der Waals surface area contributed by atoms with Crippen LogP contribution in [0.5, 0.6) is 0 Å². The molecule has 4 rings (SSSR count). The Hall–Kier alpha value is -2.56. The van der Waals surface area contributed by atoms with Crippen LogP contribution < -0.4 is 5.73 Å². The zero-order valence-electron chi connectivity index (χ0n) is 12.6. The number of carbonyl (C=O) groups is 1. The summed E-state index contributed by atoms with van der Waals surface area (Å²) in [5, 5.41) is 10.5. The SMILES string of the molecule is N#Cc1cc(Br)c2occc2c1.NC(=O)c1cc(Br)c2occc2c1. The highest BCUT2D eigenvalue weighted by atomic mass is 79.9. The molecule has 124 valence electrons. The van der Waals surface area contributed by atoms with Crippen LogP contribution in [0.1, 0.15) is 15.9 Å². The summed E-state index contributed by atoms with van der Waals surface area (Å²) in [7, 11) is 0. The molecule has 2 aromatic heterocycles. The molecule has 0 saturated heterocycles. The summed E-state index contributed by atoms with van der Waals surface area (Å²) < 4.78 is 11.9. The molecule has 0 spiro atoms. The smallest absolute Gasteiger partial charge is 0.248 e. The van der Waals surface area contributed by atoms with E-state index in [1.807, 2.05) is 6.07 Å². The van der Waals surface area contributed by atoms with Crippen molar-refractivity contribution in [1.82, 2.24) is 0 Å². The zero-order valence-corrected chi connectivity index (χ0v) is 15.8. The summed E-state index contributed by atoms with van der Waals surface area (Å²) in [6.45, 7) is 0. The lowest BCUT2D eigenvalue weighted by atomic mass is 10.1. The molecular formula is C18H10Br2N2O3. The lowest BCUT2D eigenvalue weighted by molar-refractivity contribution is 0.100. The number of furan rings is 2. The third kappa shape index (κ3) is 3.60. The fraction of sp³-hybridized carbons (Fsp3) is 0. The van der Waals surface area contributed by atoms with Crippen molar-refractivity contribution in [2.24, 2.45) is 5.73 Å². The average molecular weight is 462 g/mol. The topological polar surface area (TPSA) is 93.2 Å². The van der Waals surface area contributed by atoms with Gasteiger partial charge in [-0.3, -0.25) is 4.79 Å². The van der Waals surface area contributed by atoms with Crippen LogP contribution in [-0.4, -0.2) is 5.91 Å². The Morgan fingerprint density at radius 1 is 0.960 bits per heavy atom. The fourth-order valence-corrected chi connectivity index (χ4v) is 3.42. The number of rotatable bonds is 1. The fourth-order valence-electron chi connectivity index (χ4n) is 2.28. The first-order valence-corrected chi connectivity index (χ1v) is 8.61. The Bertz CT molecular complexity index is 1120. The molecule has 5 nitrogen and oxygen atoms in total. The standard InChI is InChI=1S/C9H6BrNO2.C9H4BrNO/c10-7-4-6(9(11)12)3-5-1-2-13-8(5)7;10-8-4-6(5-11)3-7-1-2-12-9(7)8/h1-4H,(H2,11,12);1-4H. The van der Waals surface area contributed by atoms with Gasteiger partial charge < -0.3 is 14.6 Å². The summed E-state index contributed by atoms with van der Waals surface area (Å²) in [4.78, 5) is 10.9. The van der Waals surface area contributed by atoms with Crippen LogP contribution in [0, 0.1) is 11.3 Å². The van der Waals surface area contributed by atoms with Gasteiger partial charge in [0.05, 0.1) is 33.1 Å². The normalized spacial score (nSPS) is 10.3. The Morgan fingerprint density at radius 3 is 2.08 bits per heavy atom. The van der Waals surface area contributed by atoms with E-state index in [4.69, 9.17) is 19.8 Å². The minimum Gasteiger partial charge on any atom is -0.463 e. The second-order valence-electron chi connectivity index (χ2n) is 5.07. The van der Waals surface area contributed by atoms with Crippen LogP contribution in [0.4, 0.5) is 0 Å². The number of hydrogen-bond acceptors (Lipinski definition) is 4. The molecule has 1 amide bonds. The predicted molar refractivity (Wildman–Crippen MR) is 101 cm³/mol. The number of carbonyl (C=O) groups excluding carboxylic acids is 1. The van der Waals surface area contributed by atoms with Gasteiger partial charge in [-0.1, -0.05) is 0 Å². The highest BCUT2D eigenvalue weighted by molar-refractivity contribution is 9.11. The van der Waals surface area contributed by atoms with E-state index in [1.165, 1.54) is 0 Å². The van der Waals surface area contributed by atoms with E-state index < -0.39 is 5.91 Å². The van der Waals surface area contributed by atoms with E-state index in [9.17, 15) is 4.79 Å². The molecule has 0 saturated carbocycles. The van der Waals surface area contributed by atoms with Crippen molar-refractivity contribution in [3.8, 4) is 6.07 Å². The van der Waals surface area contributed by atoms with E-state index >= 15 is 0 Å². The van der Waals surface area contributed by atoms with Gasteiger partial charge in [-0.2, -0.15) is 5.26 Å². The Kier molecular flexibility index (Phi) is 4.93. The molecule has 0 atom stereocenters. The van der Waals surface area contributed by atoms with Crippen LogP contribution >= 0.6 is 31.9 Å². The minimum absolute atomic E-state index is 0.441. The number of benzene rings is 2. The van der Waals surface area contributed by atoms with E-state index in [1.54, 1.807) is 42.9 Å². The Labute approximate surface area is 159 Å². The van der Waals surface area contributed by atoms with Gasteiger partial charge in [-0.05, 0) is 68.3 Å². The van der Waals surface area contributed by atoms with Gasteiger partial charge in [0, 0.05) is 16.3 Å². The van der Waals surface area contributed by atoms with Gasteiger partial charge in [0.2, 0.25) is 5.91 Å². The van der Waals surface area contributed by atoms with Gasteiger partial charge in [0.15, 0.2) is 0 Å². The predicted octanol–water partition coefficient (Wildman–Crippen LogP) is 5.36. The molecule has 0 bridgehead atoms. The largest absolute Gasteiger partial charge is 0.463 e. The third-order valence-electron chi connectivity index (χ3n) is 3.43. The quantitative estimate of drug-likeness (QED) is 0.412. The summed E-state index contributed by atoms with van der Waals surface area (Å²) in [6.07, 6.45) is 3.18. The van der Waals surface area contributed by atoms with Crippen LogP contribution in [0.25, 0.3) is 21.9 Å². The molecule has 7 heteroatoms. The Balaban J connectivity index is 0.000000146. The van der Waals surface area contributed by atoms with Gasteiger partial charge in [-0.15, -0.1) is 0 Å². The molecule has 0 aliphatic carbocycles. The van der Waals surface area contributed by atoms with Crippen molar-refractivity contribution < 1.29 is 13.6 Å². The molecule has 2 aromatic carbocycles. The van der Waals surface area contributed by atoms with Crippen molar-refractivity contribution >= 4 is 59.7 Å². The van der Waals surface area contributed by atoms with E-state index in [0.717, 1.165) is 30.9 Å². The van der Waals surface area contributed by atoms with Crippen molar-refractivity contribution in [3.05, 3.63) is 69.0 Å². The van der Waals surface area contributed by atoms with Crippen molar-refractivity contribution in [2.45, 2.75) is 0 Å². The Morgan fingerprint density at radius 2 is 1.52 bits per heavy atom. The van der Waals surface area contributed by atoms with Crippen molar-refractivity contribution in [2.75, 3.05) is 0 Å². The summed E-state index contributed by atoms with van der Waals surface area (Å²) >= 11 is 6.62. The number of halogens is 2. The zero-order chi connectivity index (χ0) is 18.0. The molecule has 0 fully saturated rings. The maximum Gasteiger partial charge on any atom is 0.248 e. The van der Waals surface area contributed by atoms with Gasteiger partial charge in [-0.25, -0.2) is 0 Å². The number of nitriles is 1. The molecular weight excluding hydrogens is 452 g/mol. The molecule has 2 heterocycles. The molecule has 0 aliphatic heterocycles. The first-order valence-electron chi connectivity index (χ1n) is 7.03. The highest BCUT2D eigenvalue weighted by Crippen LogP contribution is 2.27. The summed E-state index contributed by atoms with van der Waals surface area (Å²) in [5.74, 6) is -0.441. The molecule has 0 radical (unpaired) electrons. The second-order valence-corrected chi connectivity index (χ2v) is 6.78. The minimum atomic E-state index is -0.441. The van der Waals surface area contributed by atoms with E-state index in [2.05, 4.69) is 37.9 Å². The molecule has 25 heavy (non-hydrogen) atoms. The van der Waals surface area contributed by atoms with Crippen LogP contribution in [0.3, 0.4) is 0 Å². The molecule has 2 N–H and O–H groups in total. The molecule has 4 aromatic rings. The monoisotopic (exact) mass is 460 g/mol. The maximum atomic E-state index is 10.9. The van der Waals surface area contributed by atoms with Crippen LogP contribution in [0.15, 0.2) is 66.7 Å². The summed E-state index contributed by atoms with van der Waals surface area (Å²) in [6, 6.07) is 12.6. The first kappa shape index (κ1) is 17.3. The van der Waals surface area contributed by atoms with Gasteiger partial charge in [0.25, 0.3) is 0 Å². The first-order chi connectivity index (χ1) is 12.0. The molecule has 0 aliphatic rings. The maximum absolute atomic E-state index is 10.9. The highest BCUT2D eigenvalue weighted by Gasteiger charge is 2.07. The van der Waals surface area contributed by atoms with Crippen LogP contribution in [0.2, 0.25) is 0 Å². The number of amides is 1. The number of nitrogens with two attached hydrogens (primary N) is 1. The second kappa shape index (κ2) is 7.13. The number of primary amides is 1. The number of hydrogen-bond donors (Lipinski definition) is 1. The number of nitrogens with zero attached hydrogens (tertiary/aromatic N) is 1. The van der Waals surface area contributed by atoms with Gasteiger partial charge >= 0.3 is 0 Å². The summed E-state index contributed by atoms with van der Waals surface area (Å²) in [5.41, 5.74) is 7.77. The third-order valence-corrected chi connectivity index (χ3v) is 4.60. The molecule has 0 unspecified atom stereocenters. The lowest BCUT2D eigenvalue weighted by Gasteiger charge is -1.97. The van der Waals surface area contributed by atoms with Crippen molar-refractivity contribution in [3.63, 3.8) is 0 Å². The number of fused-ring (bicyclic) bond motifs is 2. The van der Waals surface area contributed by atoms with Crippen LogP contribution in [-0.2, 0) is 0 Å². The van der Waals surface area contributed by atoms with Gasteiger partial charge in [0.1, 0.15) is 11.2 Å².